The second-order valence-electron chi connectivity index (χ2n) is 6.07. The SMILES string of the molecule is O=C1CC(c2ccccc2OC2CCCC2)c2sccc2N1. The highest BCUT2D eigenvalue weighted by Gasteiger charge is 2.30. The van der Waals surface area contributed by atoms with Crippen molar-refractivity contribution in [2.24, 2.45) is 0 Å². The van der Waals surface area contributed by atoms with Crippen molar-refractivity contribution < 1.29 is 9.53 Å². The first-order valence-electron chi connectivity index (χ1n) is 7.94. The summed E-state index contributed by atoms with van der Waals surface area (Å²) in [5.74, 6) is 1.15. The summed E-state index contributed by atoms with van der Waals surface area (Å²) in [6.45, 7) is 0. The fourth-order valence-corrected chi connectivity index (χ4v) is 4.46. The second kappa shape index (κ2) is 5.76. The standard InChI is InChI=1S/C18H19NO2S/c20-17-11-14(18-15(19-17)9-10-22-18)13-7-3-4-8-16(13)21-12-5-1-2-6-12/h3-4,7-10,12,14H,1-2,5-6,11H2,(H,19,20). The van der Waals surface area contributed by atoms with Gasteiger partial charge in [0.2, 0.25) is 5.91 Å². The summed E-state index contributed by atoms with van der Waals surface area (Å²) < 4.78 is 6.26. The van der Waals surface area contributed by atoms with Gasteiger partial charge in [0.15, 0.2) is 0 Å². The summed E-state index contributed by atoms with van der Waals surface area (Å²) in [6.07, 6.45) is 5.63. The molecule has 1 atom stereocenters. The monoisotopic (exact) mass is 313 g/mol. The number of ether oxygens (including phenoxy) is 1. The topological polar surface area (TPSA) is 38.3 Å². The minimum Gasteiger partial charge on any atom is -0.490 e. The van der Waals surface area contributed by atoms with Gasteiger partial charge in [-0.15, -0.1) is 11.3 Å². The van der Waals surface area contributed by atoms with E-state index in [0.29, 0.717) is 12.5 Å². The predicted molar refractivity (Wildman–Crippen MR) is 88.7 cm³/mol. The summed E-state index contributed by atoms with van der Waals surface area (Å²) in [4.78, 5) is 13.3. The van der Waals surface area contributed by atoms with Crippen molar-refractivity contribution >= 4 is 22.9 Å². The third kappa shape index (κ3) is 2.52. The molecule has 1 amide bonds. The maximum Gasteiger partial charge on any atom is 0.225 e. The molecule has 0 bridgehead atoms. The lowest BCUT2D eigenvalue weighted by molar-refractivity contribution is -0.116. The largest absolute Gasteiger partial charge is 0.490 e. The van der Waals surface area contributed by atoms with Crippen LogP contribution in [0.25, 0.3) is 0 Å². The maximum atomic E-state index is 12.0. The highest BCUT2D eigenvalue weighted by Crippen LogP contribution is 2.43. The van der Waals surface area contributed by atoms with Gasteiger partial charge in [0.1, 0.15) is 5.75 Å². The van der Waals surface area contributed by atoms with Crippen molar-refractivity contribution in [2.75, 3.05) is 5.32 Å². The molecule has 2 aliphatic rings. The van der Waals surface area contributed by atoms with Crippen molar-refractivity contribution in [2.45, 2.75) is 44.1 Å². The molecular weight excluding hydrogens is 294 g/mol. The third-order valence-electron chi connectivity index (χ3n) is 4.57. The number of carbonyl (C=O) groups excluding carboxylic acids is 1. The zero-order chi connectivity index (χ0) is 14.9. The summed E-state index contributed by atoms with van der Waals surface area (Å²) in [5, 5.41) is 5.01. The van der Waals surface area contributed by atoms with Gasteiger partial charge in [-0.2, -0.15) is 0 Å². The molecule has 1 aliphatic carbocycles. The normalized spacial score (nSPS) is 21.5. The average molecular weight is 313 g/mol. The smallest absolute Gasteiger partial charge is 0.225 e. The van der Waals surface area contributed by atoms with E-state index in [9.17, 15) is 4.79 Å². The zero-order valence-electron chi connectivity index (χ0n) is 12.4. The van der Waals surface area contributed by atoms with Gasteiger partial charge in [0.05, 0.1) is 11.8 Å². The molecule has 0 spiro atoms. The Morgan fingerprint density at radius 2 is 1.95 bits per heavy atom. The molecule has 1 N–H and O–H groups in total. The summed E-state index contributed by atoms with van der Waals surface area (Å²) in [5.41, 5.74) is 2.11. The molecule has 2 aromatic rings. The first-order chi connectivity index (χ1) is 10.8. The lowest BCUT2D eigenvalue weighted by atomic mass is 9.90. The van der Waals surface area contributed by atoms with E-state index < -0.39 is 0 Å². The van der Waals surface area contributed by atoms with Gasteiger partial charge in [-0.1, -0.05) is 18.2 Å². The van der Waals surface area contributed by atoms with Crippen LogP contribution < -0.4 is 10.1 Å². The van der Waals surface area contributed by atoms with Crippen LogP contribution in [0.5, 0.6) is 5.75 Å². The van der Waals surface area contributed by atoms with Crippen LogP contribution in [0.1, 0.15) is 48.5 Å². The number of rotatable bonds is 3. The Bertz CT molecular complexity index is 688. The summed E-state index contributed by atoms with van der Waals surface area (Å²) >= 11 is 1.71. The molecule has 1 aromatic carbocycles. The van der Waals surface area contributed by atoms with Gasteiger partial charge >= 0.3 is 0 Å². The summed E-state index contributed by atoms with van der Waals surface area (Å²) in [6, 6.07) is 10.2. The molecule has 1 fully saturated rings. The van der Waals surface area contributed by atoms with Crippen LogP contribution in [0.2, 0.25) is 0 Å². The Morgan fingerprint density at radius 1 is 1.14 bits per heavy atom. The molecular formula is C18H19NO2S. The highest BCUT2D eigenvalue weighted by molar-refractivity contribution is 7.10. The van der Waals surface area contributed by atoms with Crippen LogP contribution in [0, 0.1) is 0 Å². The van der Waals surface area contributed by atoms with Crippen LogP contribution >= 0.6 is 11.3 Å². The predicted octanol–water partition coefficient (Wildman–Crippen LogP) is 4.54. The number of carbonyl (C=O) groups is 1. The Labute approximate surface area is 134 Å². The second-order valence-corrected chi connectivity index (χ2v) is 7.01. The average Bonchev–Trinajstić information content (AvgIpc) is 3.18. The molecule has 3 nitrogen and oxygen atoms in total. The number of benzene rings is 1. The van der Waals surface area contributed by atoms with E-state index in [0.717, 1.165) is 29.8 Å². The number of nitrogens with one attached hydrogen (secondary N) is 1. The van der Waals surface area contributed by atoms with Crippen LogP contribution in [0.3, 0.4) is 0 Å². The van der Waals surface area contributed by atoms with Crippen LogP contribution in [0.15, 0.2) is 35.7 Å². The fourth-order valence-electron chi connectivity index (χ4n) is 3.49. The lowest BCUT2D eigenvalue weighted by Crippen LogP contribution is -2.23. The molecule has 1 unspecified atom stereocenters. The van der Waals surface area contributed by atoms with Crippen LogP contribution in [-0.4, -0.2) is 12.0 Å². The third-order valence-corrected chi connectivity index (χ3v) is 5.60. The number of anilines is 1. The molecule has 22 heavy (non-hydrogen) atoms. The van der Waals surface area contributed by atoms with Crippen molar-refractivity contribution in [1.29, 1.82) is 0 Å². The number of para-hydroxylation sites is 1. The van der Waals surface area contributed by atoms with E-state index in [1.54, 1.807) is 11.3 Å². The van der Waals surface area contributed by atoms with Crippen molar-refractivity contribution in [1.82, 2.24) is 0 Å². The van der Waals surface area contributed by atoms with E-state index in [1.165, 1.54) is 17.7 Å². The van der Waals surface area contributed by atoms with Crippen LogP contribution in [0.4, 0.5) is 5.69 Å². The zero-order valence-corrected chi connectivity index (χ0v) is 13.2. The number of hydrogen-bond acceptors (Lipinski definition) is 3. The van der Waals surface area contributed by atoms with Crippen molar-refractivity contribution in [3.8, 4) is 5.75 Å². The molecule has 2 heterocycles. The van der Waals surface area contributed by atoms with E-state index >= 15 is 0 Å². The van der Waals surface area contributed by atoms with Gasteiger partial charge in [-0.05, 0) is 43.2 Å². The molecule has 4 heteroatoms. The summed E-state index contributed by atoms with van der Waals surface area (Å²) in [7, 11) is 0. The Balaban J connectivity index is 1.69. The molecule has 1 aliphatic heterocycles. The minimum absolute atomic E-state index is 0.0894. The molecule has 0 radical (unpaired) electrons. The van der Waals surface area contributed by atoms with Gasteiger partial charge in [-0.25, -0.2) is 0 Å². The van der Waals surface area contributed by atoms with Gasteiger partial charge in [0.25, 0.3) is 0 Å². The molecule has 4 rings (SSSR count). The Morgan fingerprint density at radius 3 is 2.82 bits per heavy atom. The van der Waals surface area contributed by atoms with E-state index in [1.807, 2.05) is 29.6 Å². The maximum absolute atomic E-state index is 12.0. The van der Waals surface area contributed by atoms with Crippen molar-refractivity contribution in [3.05, 3.63) is 46.2 Å². The van der Waals surface area contributed by atoms with Crippen molar-refractivity contribution in [3.63, 3.8) is 0 Å². The molecule has 0 saturated heterocycles. The molecule has 1 aromatic heterocycles. The molecule has 114 valence electrons. The number of thiophene rings is 1. The minimum atomic E-state index is 0.0894. The quantitative estimate of drug-likeness (QED) is 0.903. The first kappa shape index (κ1) is 13.8. The van der Waals surface area contributed by atoms with Crippen LogP contribution in [-0.2, 0) is 4.79 Å². The fraction of sp³-hybridized carbons (Fsp3) is 0.389. The number of fused-ring (bicyclic) bond motifs is 1. The Kier molecular flexibility index (Phi) is 3.62. The highest BCUT2D eigenvalue weighted by atomic mass is 32.1. The Hall–Kier alpha value is -1.81. The van der Waals surface area contributed by atoms with Gasteiger partial charge < -0.3 is 10.1 Å². The number of amides is 1. The number of hydrogen-bond donors (Lipinski definition) is 1. The van der Waals surface area contributed by atoms with E-state index in [4.69, 9.17) is 4.74 Å². The first-order valence-corrected chi connectivity index (χ1v) is 8.82. The van der Waals surface area contributed by atoms with Gasteiger partial charge in [0, 0.05) is 22.8 Å². The lowest BCUT2D eigenvalue weighted by Gasteiger charge is -2.25. The van der Waals surface area contributed by atoms with Gasteiger partial charge in [-0.3, -0.25) is 4.79 Å². The van der Waals surface area contributed by atoms with E-state index in [-0.39, 0.29) is 11.8 Å². The van der Waals surface area contributed by atoms with E-state index in [2.05, 4.69) is 11.4 Å². The molecule has 1 saturated carbocycles.